The van der Waals surface area contributed by atoms with Gasteiger partial charge in [0.15, 0.2) is 0 Å². The lowest BCUT2D eigenvalue weighted by Crippen LogP contribution is -2.46. The van der Waals surface area contributed by atoms with Crippen LogP contribution in [0.5, 0.6) is 0 Å². The molecule has 0 spiro atoms. The van der Waals surface area contributed by atoms with Crippen molar-refractivity contribution < 1.29 is 86.0 Å². The van der Waals surface area contributed by atoms with Gasteiger partial charge in [0.25, 0.3) is 0 Å². The third-order valence-electron chi connectivity index (χ3n) is 18.2. The maximum atomic E-state index is 11.6. The Morgan fingerprint density at radius 3 is 0.515 bits per heavy atom. The number of carbonyl (C=O) groups excluding carboxylic acids is 12. The second-order valence-corrected chi connectivity index (χ2v) is 56.4. The monoisotopic (exact) mass is 1910 g/mol. The molecule has 4 saturated carbocycles. The van der Waals surface area contributed by atoms with Crippen molar-refractivity contribution in [3.8, 4) is 0 Å². The van der Waals surface area contributed by atoms with Crippen molar-refractivity contribution in [3.63, 3.8) is 0 Å². The molecule has 0 aromatic heterocycles. The van der Waals surface area contributed by atoms with Crippen molar-refractivity contribution in [2.45, 2.75) is 527 Å². The Bertz CT molecular complexity index is 3130. The molecule has 0 unspecified atom stereocenters. The molecule has 0 radical (unpaired) electrons. The molecule has 4 aliphatic carbocycles. The van der Waals surface area contributed by atoms with E-state index in [0.29, 0.717) is 61.9 Å². The number of ketones is 2. The zero-order valence-electron chi connectivity index (χ0n) is 98.5. The molecule has 0 heterocycles. The molecule has 4 aliphatic rings. The average Bonchev–Trinajstić information content (AvgIpc) is 0.906. The van der Waals surface area contributed by atoms with Crippen LogP contribution in [-0.4, -0.2) is 133 Å². The Balaban J connectivity index is -0.000000216. The van der Waals surface area contributed by atoms with Crippen molar-refractivity contribution >= 4 is 71.0 Å². The Morgan fingerprint density at radius 2 is 0.403 bits per heavy atom. The quantitative estimate of drug-likeness (QED) is 0.117. The number of amides is 4. The van der Waals surface area contributed by atoms with E-state index in [1.807, 2.05) is 402 Å². The van der Waals surface area contributed by atoms with Gasteiger partial charge < -0.3 is 49.7 Å². The molecule has 4 fully saturated rings. The summed E-state index contributed by atoms with van der Waals surface area (Å²) in [6, 6.07) is 0.890. The molecule has 796 valence electrons. The van der Waals surface area contributed by atoms with Crippen LogP contribution < -0.4 is 21.3 Å². The Labute approximate surface area is 825 Å². The number of rotatable bonds is 10. The second-order valence-electron chi connectivity index (χ2n) is 56.4. The predicted molar refractivity (Wildman–Crippen MR) is 559 cm³/mol. The van der Waals surface area contributed by atoms with E-state index < -0.39 is 0 Å². The van der Waals surface area contributed by atoms with Gasteiger partial charge in [-0.2, -0.15) is 0 Å². The second kappa shape index (κ2) is 59.6. The molecule has 0 atom stereocenters. The normalized spacial score (nSPS) is 15.0. The molecule has 22 heteroatoms. The Kier molecular flexibility index (Phi) is 63.8. The van der Waals surface area contributed by atoms with Crippen LogP contribution in [-0.2, 0) is 86.0 Å². The van der Waals surface area contributed by atoms with Gasteiger partial charge in [0.2, 0.25) is 23.6 Å². The fourth-order valence-electron chi connectivity index (χ4n) is 9.77. The lowest BCUT2D eigenvalue weighted by Gasteiger charge is -2.26. The smallest absolute Gasteiger partial charge is 0.311 e. The number of nitrogens with one attached hydrogen (secondary N) is 4. The van der Waals surface area contributed by atoms with Gasteiger partial charge in [0.05, 0.1) is 71.1 Å². The van der Waals surface area contributed by atoms with E-state index in [0.717, 1.165) is 0 Å². The lowest BCUT2D eigenvalue weighted by atomic mass is 9.76. The van der Waals surface area contributed by atoms with Crippen LogP contribution in [0.3, 0.4) is 0 Å². The van der Waals surface area contributed by atoms with Gasteiger partial charge in [-0.3, -0.25) is 57.5 Å². The number of hydrogen-bond acceptors (Lipinski definition) is 18. The predicted octanol–water partition coefficient (Wildman–Crippen LogP) is 27.3. The molecule has 4 rings (SSSR count). The molecule has 0 aliphatic heterocycles. The minimum Gasteiger partial charge on any atom is -0.465 e. The summed E-state index contributed by atoms with van der Waals surface area (Å²) in [7, 11) is 0. The van der Waals surface area contributed by atoms with Gasteiger partial charge in [0, 0.05) is 66.5 Å². The Morgan fingerprint density at radius 1 is 0.224 bits per heavy atom. The van der Waals surface area contributed by atoms with Gasteiger partial charge in [0.1, 0.15) is 11.6 Å². The molecule has 0 bridgehead atoms. The number of Topliss-reactive ketones (excluding diaryl/α,β-unsaturated/α-hetero) is 2. The van der Waals surface area contributed by atoms with E-state index in [-0.39, 0.29) is 169 Å². The van der Waals surface area contributed by atoms with Crippen LogP contribution in [0.15, 0.2) is 0 Å². The van der Waals surface area contributed by atoms with Crippen LogP contribution >= 0.6 is 0 Å². The summed E-state index contributed by atoms with van der Waals surface area (Å²) in [6.07, 6.45) is 17.4. The molecule has 0 saturated heterocycles. The fraction of sp³-hybridized carbons (Fsp3) is 0.893. The van der Waals surface area contributed by atoms with Crippen molar-refractivity contribution in [3.05, 3.63) is 0 Å². The van der Waals surface area contributed by atoms with Gasteiger partial charge in [-0.1, -0.05) is 246 Å². The van der Waals surface area contributed by atoms with Crippen molar-refractivity contribution in [1.29, 1.82) is 0 Å². The number of esters is 6. The highest BCUT2D eigenvalue weighted by atomic mass is 16.6. The number of hydrogen-bond donors (Lipinski definition) is 4. The fourth-order valence-corrected chi connectivity index (χ4v) is 9.77. The minimum absolute atomic E-state index is 0.00766. The SMILES string of the molecule is CC(C)(C)C(=O)C(C)(C)C.CC(C)(C)C(=O)C(C)(C)C.CC(C)(C)C(=O)NC1CCCCC1.CC(C)(C)C(=O)NC1CCCCC1.CC(C)(C)C(=O)OCC1CC1.CC(C)(C)C(=O)OCC1CC1.CC(C)(C)COC(=O)C(C)(C)C.CC(C)(C)COC(=O)C(C)(C)C.CC(C)(C)NC(=O)C(C)(C)C.CC(C)(C)NC(=O)C(C)(C)C.CC(C)OC(=O)C(C)(C)C.CC(C)OC(=O)C(C)(C)C. The van der Waals surface area contributed by atoms with Crippen LogP contribution in [0.4, 0.5) is 0 Å². The van der Waals surface area contributed by atoms with E-state index >= 15 is 0 Å². The molecule has 4 amide bonds. The maximum absolute atomic E-state index is 11.6. The third-order valence-corrected chi connectivity index (χ3v) is 18.2. The van der Waals surface area contributed by atoms with Crippen LogP contribution in [0, 0.1) is 98.5 Å². The average molecular weight is 1910 g/mol. The van der Waals surface area contributed by atoms with Gasteiger partial charge in [-0.15, -0.1) is 0 Å². The largest absolute Gasteiger partial charge is 0.465 e. The summed E-state index contributed by atoms with van der Waals surface area (Å²) in [5, 5.41) is 12.1. The van der Waals surface area contributed by atoms with Gasteiger partial charge >= 0.3 is 35.8 Å². The maximum Gasteiger partial charge on any atom is 0.311 e. The van der Waals surface area contributed by atoms with Crippen molar-refractivity contribution in [2.75, 3.05) is 26.4 Å². The summed E-state index contributed by atoms with van der Waals surface area (Å²) in [6.45, 7) is 114. The molecular formula is C112H220N4O18. The highest BCUT2D eigenvalue weighted by Crippen LogP contribution is 2.34. The molecule has 4 N–H and O–H groups in total. The first-order chi connectivity index (χ1) is 58.5. The molecule has 22 nitrogen and oxygen atoms in total. The minimum atomic E-state index is -0.384. The molecule has 134 heavy (non-hydrogen) atoms. The lowest BCUT2D eigenvalue weighted by molar-refractivity contribution is -0.157. The van der Waals surface area contributed by atoms with Gasteiger partial charge in [-0.05, 0) is 268 Å². The third kappa shape index (κ3) is 89.9. The summed E-state index contributed by atoms with van der Waals surface area (Å²) >= 11 is 0. The summed E-state index contributed by atoms with van der Waals surface area (Å²) in [5.41, 5.74) is -4.15. The van der Waals surface area contributed by atoms with E-state index in [1.165, 1.54) is 89.9 Å². The molecule has 0 aromatic carbocycles. The summed E-state index contributed by atoms with van der Waals surface area (Å²) in [5.74, 6) is 1.88. The Hall–Kier alpha value is -5.96. The molecule has 0 aromatic rings. The zero-order chi connectivity index (χ0) is 109. The van der Waals surface area contributed by atoms with Crippen LogP contribution in [0.2, 0.25) is 0 Å². The van der Waals surface area contributed by atoms with Crippen molar-refractivity contribution in [1.82, 2.24) is 21.3 Å². The van der Waals surface area contributed by atoms with E-state index in [2.05, 4.69) is 21.3 Å². The van der Waals surface area contributed by atoms with Crippen LogP contribution in [0.1, 0.15) is 491 Å². The topological polar surface area (TPSA) is 308 Å². The highest BCUT2D eigenvalue weighted by Gasteiger charge is 2.37. The first-order valence-electron chi connectivity index (χ1n) is 50.0. The van der Waals surface area contributed by atoms with E-state index in [9.17, 15) is 57.5 Å². The van der Waals surface area contributed by atoms with Crippen molar-refractivity contribution in [2.24, 2.45) is 98.5 Å². The van der Waals surface area contributed by atoms with E-state index in [1.54, 1.807) is 0 Å². The number of ether oxygens (including phenoxy) is 6. The van der Waals surface area contributed by atoms with Gasteiger partial charge in [-0.25, -0.2) is 0 Å². The number of carbonyl (C=O) groups is 12. The zero-order valence-corrected chi connectivity index (χ0v) is 98.5. The van der Waals surface area contributed by atoms with Crippen LogP contribution in [0.25, 0.3) is 0 Å². The summed E-state index contributed by atoms with van der Waals surface area (Å²) in [4.78, 5) is 136. The first kappa shape index (κ1) is 143. The first-order valence-corrected chi connectivity index (χ1v) is 50.0. The molecular weight excluding hydrogens is 1690 g/mol. The summed E-state index contributed by atoms with van der Waals surface area (Å²) < 4.78 is 30.4. The van der Waals surface area contributed by atoms with E-state index in [4.69, 9.17) is 28.4 Å². The standard InChI is InChI=1S/2C11H21NO.2C10H20O2.2C9H19NO.2C9H16O2.2C9H18O.2C8H16O2/c2*1-11(2,3)10(13)12-9-7-5-4-6-8-9;2*1-9(2,3)7-12-8(11)10(4,5)6;2*1-8(2,3)7(11)10-9(4,5)6;2*1-9(2,3)8(10)11-6-7-4-5-7;2*1-8(2,3)7(10)9(4,5)6;2*1-6(2)10-7(9)8(3,4)5/h2*9H,4-8H2,1-3H3,(H,12,13);2*7H2,1-6H3;2*1-6H3,(H,10,11);2*7H,4-6H2,1-3H3;2*1-6H3;2*6H,1-5H3. The highest BCUT2D eigenvalue weighted by molar-refractivity contribution is 5.89.